The van der Waals surface area contributed by atoms with E-state index in [0.717, 1.165) is 11.3 Å². The van der Waals surface area contributed by atoms with Crippen LogP contribution < -0.4 is 14.4 Å². The molecule has 0 aliphatic carbocycles. The van der Waals surface area contributed by atoms with Crippen molar-refractivity contribution in [3.8, 4) is 5.75 Å². The lowest BCUT2D eigenvalue weighted by molar-refractivity contribution is -0.125. The number of rotatable bonds is 9. The van der Waals surface area contributed by atoms with Gasteiger partial charge in [-0.2, -0.15) is 0 Å². The zero-order valence-electron chi connectivity index (χ0n) is 22.3. The topological polar surface area (TPSA) is 75.7 Å². The van der Waals surface area contributed by atoms with E-state index in [2.05, 4.69) is 4.72 Å². The Morgan fingerprint density at radius 2 is 1.38 bits per heavy atom. The molecule has 0 saturated heterocycles. The van der Waals surface area contributed by atoms with Crippen molar-refractivity contribution >= 4 is 51.6 Å². The molecule has 4 rings (SSSR count). The van der Waals surface area contributed by atoms with Crippen molar-refractivity contribution in [1.82, 2.24) is 4.72 Å². The molecule has 40 heavy (non-hydrogen) atoms. The molecule has 0 saturated carbocycles. The summed E-state index contributed by atoms with van der Waals surface area (Å²) in [7, 11) is 0.154. The summed E-state index contributed by atoms with van der Waals surface area (Å²) in [4.78, 5) is 26.2. The lowest BCUT2D eigenvalue weighted by Crippen LogP contribution is -2.37. The zero-order chi connectivity index (χ0) is 29.1. The van der Waals surface area contributed by atoms with E-state index < -0.39 is 23.0 Å². The molecule has 0 fully saturated rings. The second-order valence-electron chi connectivity index (χ2n) is 8.78. The second kappa shape index (κ2) is 15.2. The first-order valence-electron chi connectivity index (χ1n) is 12.4. The van der Waals surface area contributed by atoms with Crippen molar-refractivity contribution in [3.63, 3.8) is 0 Å². The standard InChI is InChI=1S/C25H24Cl2N2O4S.C6H6/c1-16(30)18-7-13-21(14-8-18)34(32)28-25(31)17(2)33-20-11-9-19(10-12-20)29(3)15-22-23(26)5-4-6-24(22)27;1-2-4-6-5-3-1/h4-14,17H,15H2,1-3H3,(H,28,31);1-6H. The van der Waals surface area contributed by atoms with Crippen LogP contribution in [0.25, 0.3) is 0 Å². The Morgan fingerprint density at radius 3 is 1.88 bits per heavy atom. The van der Waals surface area contributed by atoms with Crippen LogP contribution in [0, 0.1) is 0 Å². The fourth-order valence-corrected chi connectivity index (χ4v) is 4.85. The molecule has 2 atom stereocenters. The minimum atomic E-state index is -1.77. The fraction of sp³-hybridized carbons (Fsp3) is 0.161. The lowest BCUT2D eigenvalue weighted by atomic mass is 10.2. The molecule has 1 amide bonds. The van der Waals surface area contributed by atoms with Crippen LogP contribution in [0.2, 0.25) is 10.0 Å². The minimum absolute atomic E-state index is 0.0896. The Hall–Kier alpha value is -3.65. The summed E-state index contributed by atoms with van der Waals surface area (Å²) in [5, 5.41) is 1.21. The van der Waals surface area contributed by atoms with Crippen LogP contribution in [0.5, 0.6) is 5.75 Å². The third-order valence-corrected chi connectivity index (χ3v) is 7.55. The molecule has 6 nitrogen and oxygen atoms in total. The Morgan fingerprint density at radius 1 is 0.850 bits per heavy atom. The number of anilines is 1. The van der Waals surface area contributed by atoms with Crippen LogP contribution in [0.3, 0.4) is 0 Å². The smallest absolute Gasteiger partial charge is 0.272 e. The molecule has 0 radical (unpaired) electrons. The predicted octanol–water partition coefficient (Wildman–Crippen LogP) is 7.13. The Bertz CT molecular complexity index is 1390. The average Bonchev–Trinajstić information content (AvgIpc) is 2.96. The second-order valence-corrected chi connectivity index (χ2v) is 10.8. The molecule has 1 N–H and O–H groups in total. The van der Waals surface area contributed by atoms with Crippen LogP contribution >= 0.6 is 23.2 Å². The number of carbonyl (C=O) groups is 2. The van der Waals surface area contributed by atoms with Gasteiger partial charge < -0.3 is 9.64 Å². The van der Waals surface area contributed by atoms with Crippen molar-refractivity contribution in [3.05, 3.63) is 124 Å². The monoisotopic (exact) mass is 596 g/mol. The summed E-state index contributed by atoms with van der Waals surface area (Å²) in [5.41, 5.74) is 2.26. The molecule has 4 aromatic carbocycles. The van der Waals surface area contributed by atoms with E-state index in [-0.39, 0.29) is 5.78 Å². The molecule has 0 aliphatic heterocycles. The van der Waals surface area contributed by atoms with E-state index >= 15 is 0 Å². The lowest BCUT2D eigenvalue weighted by Gasteiger charge is -2.21. The van der Waals surface area contributed by atoms with Crippen molar-refractivity contribution < 1.29 is 18.5 Å². The van der Waals surface area contributed by atoms with Gasteiger partial charge in [0.15, 0.2) is 22.9 Å². The number of ether oxygens (including phenoxy) is 1. The Kier molecular flexibility index (Phi) is 11.8. The minimum Gasteiger partial charge on any atom is -0.481 e. The number of Topliss-reactive ketones (excluding diaryl/α,β-unsaturated/α-hetero) is 1. The Balaban J connectivity index is 0.000000649. The van der Waals surface area contributed by atoms with E-state index in [9.17, 15) is 13.8 Å². The van der Waals surface area contributed by atoms with Gasteiger partial charge in [-0.15, -0.1) is 0 Å². The van der Waals surface area contributed by atoms with Gasteiger partial charge in [-0.25, -0.2) is 4.21 Å². The van der Waals surface area contributed by atoms with Gasteiger partial charge in [0.1, 0.15) is 5.75 Å². The molecule has 2 unspecified atom stereocenters. The summed E-state index contributed by atoms with van der Waals surface area (Å²) < 4.78 is 20.6. The van der Waals surface area contributed by atoms with Gasteiger partial charge in [0, 0.05) is 40.5 Å². The summed E-state index contributed by atoms with van der Waals surface area (Å²) in [6.45, 7) is 3.55. The number of benzene rings is 4. The van der Waals surface area contributed by atoms with Crippen LogP contribution in [0.15, 0.2) is 108 Å². The van der Waals surface area contributed by atoms with Gasteiger partial charge in [0.05, 0.1) is 4.90 Å². The normalized spacial score (nSPS) is 11.8. The predicted molar refractivity (Wildman–Crippen MR) is 163 cm³/mol. The molecule has 0 aromatic heterocycles. The third-order valence-electron chi connectivity index (χ3n) is 5.75. The van der Waals surface area contributed by atoms with E-state index in [1.807, 2.05) is 60.5 Å². The van der Waals surface area contributed by atoms with Gasteiger partial charge in [0.25, 0.3) is 5.91 Å². The maximum Gasteiger partial charge on any atom is 0.272 e. The van der Waals surface area contributed by atoms with E-state index in [1.54, 1.807) is 61.5 Å². The number of hydrogen-bond acceptors (Lipinski definition) is 5. The maximum absolute atomic E-state index is 12.4. The Labute approximate surface area is 247 Å². The molecular weight excluding hydrogens is 567 g/mol. The SMILES string of the molecule is CC(=O)c1ccc(S(=O)NC(=O)C(C)Oc2ccc(N(C)Cc3c(Cl)cccc3Cl)cc2)cc1.c1ccccc1. The molecule has 208 valence electrons. The summed E-state index contributed by atoms with van der Waals surface area (Å²) in [5.74, 6) is -0.121. The highest BCUT2D eigenvalue weighted by atomic mass is 35.5. The quantitative estimate of drug-likeness (QED) is 0.208. The number of hydrogen-bond donors (Lipinski definition) is 1. The number of carbonyl (C=O) groups excluding carboxylic acids is 2. The van der Waals surface area contributed by atoms with Crippen LogP contribution in [-0.2, 0) is 22.3 Å². The van der Waals surface area contributed by atoms with Gasteiger partial charge in [-0.3, -0.25) is 14.3 Å². The first-order chi connectivity index (χ1) is 19.2. The number of amides is 1. The van der Waals surface area contributed by atoms with Gasteiger partial charge in [0.2, 0.25) is 0 Å². The summed E-state index contributed by atoms with van der Waals surface area (Å²) in [6.07, 6.45) is -0.869. The molecule has 0 spiro atoms. The van der Waals surface area contributed by atoms with Crippen molar-refractivity contribution in [2.24, 2.45) is 0 Å². The summed E-state index contributed by atoms with van der Waals surface area (Å²) in [6, 6.07) is 30.9. The molecule has 0 bridgehead atoms. The molecule has 0 heterocycles. The highest BCUT2D eigenvalue weighted by Gasteiger charge is 2.18. The number of nitrogens with one attached hydrogen (secondary N) is 1. The summed E-state index contributed by atoms with van der Waals surface area (Å²) >= 11 is 12.5. The van der Waals surface area contributed by atoms with Crippen LogP contribution in [-0.4, -0.2) is 29.1 Å². The maximum atomic E-state index is 12.4. The molecule has 9 heteroatoms. The highest BCUT2D eigenvalue weighted by Crippen LogP contribution is 2.28. The molecule has 0 aliphatic rings. The first-order valence-corrected chi connectivity index (χ1v) is 14.3. The van der Waals surface area contributed by atoms with Crippen molar-refractivity contribution in [1.29, 1.82) is 0 Å². The fourth-order valence-electron chi connectivity index (χ4n) is 3.48. The third kappa shape index (κ3) is 9.23. The largest absolute Gasteiger partial charge is 0.481 e. The van der Waals surface area contributed by atoms with Gasteiger partial charge >= 0.3 is 0 Å². The van der Waals surface area contributed by atoms with Crippen LogP contribution in [0.1, 0.15) is 29.8 Å². The van der Waals surface area contributed by atoms with E-state index in [4.69, 9.17) is 27.9 Å². The average molecular weight is 598 g/mol. The van der Waals surface area contributed by atoms with Crippen molar-refractivity contribution in [2.45, 2.75) is 31.4 Å². The molecule has 4 aromatic rings. The van der Waals surface area contributed by atoms with Gasteiger partial charge in [-0.1, -0.05) is 77.8 Å². The van der Waals surface area contributed by atoms with Crippen molar-refractivity contribution in [2.75, 3.05) is 11.9 Å². The van der Waals surface area contributed by atoms with Crippen LogP contribution in [0.4, 0.5) is 5.69 Å². The van der Waals surface area contributed by atoms with E-state index in [0.29, 0.717) is 32.8 Å². The number of ketones is 1. The first kappa shape index (κ1) is 30.9. The molecular formula is C31H30Cl2N2O4S. The highest BCUT2D eigenvalue weighted by molar-refractivity contribution is 7.83. The van der Waals surface area contributed by atoms with Gasteiger partial charge in [-0.05, 0) is 62.4 Å². The van der Waals surface area contributed by atoms with E-state index in [1.165, 1.54) is 6.92 Å². The number of nitrogens with zero attached hydrogens (tertiary/aromatic N) is 1. The number of halogens is 2. The zero-order valence-corrected chi connectivity index (χ0v) is 24.7.